The summed E-state index contributed by atoms with van der Waals surface area (Å²) in [6.07, 6.45) is 28.1. The van der Waals surface area contributed by atoms with Gasteiger partial charge in [0.25, 0.3) is 0 Å². The van der Waals surface area contributed by atoms with E-state index in [4.69, 9.17) is 32.1 Å². The van der Waals surface area contributed by atoms with Crippen LogP contribution in [-0.2, 0) is 0 Å². The molecular weight excluding hydrogens is 353 g/mol. The van der Waals surface area contributed by atoms with Crippen LogP contribution in [0.3, 0.4) is 0 Å². The molecule has 0 aliphatic heterocycles. The fraction of sp³-hybridized carbons (Fsp3) is 0.200. The van der Waals surface area contributed by atoms with Crippen molar-refractivity contribution in [1.29, 1.82) is 0 Å². The topological polar surface area (TPSA) is 0 Å². The normalized spacial score (nSPS) is 16.7. The molecule has 0 heterocycles. The van der Waals surface area contributed by atoms with Crippen LogP contribution < -0.4 is 0 Å². The summed E-state index contributed by atoms with van der Waals surface area (Å²) in [6, 6.07) is 0. The van der Waals surface area contributed by atoms with Crippen LogP contribution in [0.25, 0.3) is 0 Å². The minimum Gasteiger partial charge on any atom is -0.131 e. The molecule has 0 bridgehead atoms. The van der Waals surface area contributed by atoms with Gasteiger partial charge in [-0.3, -0.25) is 0 Å². The van der Waals surface area contributed by atoms with Crippen LogP contribution in [0.2, 0.25) is 26.2 Å². The van der Waals surface area contributed by atoms with E-state index in [1.54, 1.807) is 0 Å². The maximum Gasteiger partial charge on any atom is 0.234 e. The Bertz CT molecular complexity index is 738. The Kier molecular flexibility index (Phi) is 8.43. The lowest BCUT2D eigenvalue weighted by molar-refractivity contribution is 1.91. The summed E-state index contributed by atoms with van der Waals surface area (Å²) in [7, 11) is -7.38. The first kappa shape index (κ1) is 21.9. The molecule has 2 unspecified atom stereocenters. The second-order valence-electron chi connectivity index (χ2n) is 6.17. The van der Waals surface area contributed by atoms with E-state index >= 15 is 0 Å². The maximum atomic E-state index is 5.78. The largest absolute Gasteiger partial charge is 0.234 e. The second kappa shape index (κ2) is 9.25. The minimum absolute atomic E-state index is 0.895. The van der Waals surface area contributed by atoms with Crippen molar-refractivity contribution in [3.63, 3.8) is 0 Å². The third-order valence-electron chi connectivity index (χ3n) is 3.67. The molecule has 0 saturated carbocycles. The third-order valence-corrected chi connectivity index (χ3v) is 12.5. The standard InChI is InChI=1S/C20H23Si4/c1-10-21(6)15-16-23(8,13-4)19-20-24(9,14-5)18-17-22(7,11-2)12-3/h1-5,15-20H,6-9H3/b16-15+,18-17+,20-19+. The van der Waals surface area contributed by atoms with Crippen LogP contribution in [0.1, 0.15) is 0 Å². The summed E-state index contributed by atoms with van der Waals surface area (Å²) in [5, 5.41) is 0. The van der Waals surface area contributed by atoms with E-state index in [2.05, 4.69) is 75.9 Å². The Hall–Kier alpha value is -2.11. The molecule has 0 aliphatic carbocycles. The molecule has 0 saturated heterocycles. The van der Waals surface area contributed by atoms with E-state index in [9.17, 15) is 0 Å². The summed E-state index contributed by atoms with van der Waals surface area (Å²) in [5.41, 5.74) is 26.6. The van der Waals surface area contributed by atoms with E-state index in [0.29, 0.717) is 0 Å². The van der Waals surface area contributed by atoms with Crippen LogP contribution in [0.4, 0.5) is 0 Å². The average molecular weight is 376 g/mol. The monoisotopic (exact) mass is 375 g/mol. The van der Waals surface area contributed by atoms with Gasteiger partial charge in [-0.2, -0.15) is 0 Å². The lowest BCUT2D eigenvalue weighted by Gasteiger charge is -2.17. The molecule has 1 radical (unpaired) electrons. The lowest BCUT2D eigenvalue weighted by atomic mass is 11.2. The average Bonchev–Trinajstić information content (AvgIpc) is 2.62. The summed E-state index contributed by atoms with van der Waals surface area (Å²) in [6.45, 7) is 8.19. The van der Waals surface area contributed by atoms with Crippen molar-refractivity contribution in [2.24, 2.45) is 0 Å². The molecule has 4 heteroatoms. The molecule has 0 fully saturated rings. The van der Waals surface area contributed by atoms with Gasteiger partial charge in [0.1, 0.15) is 0 Å². The molecule has 0 nitrogen and oxygen atoms in total. The van der Waals surface area contributed by atoms with Crippen molar-refractivity contribution in [3.8, 4) is 59.8 Å². The quantitative estimate of drug-likeness (QED) is 0.494. The van der Waals surface area contributed by atoms with Crippen molar-refractivity contribution >= 4 is 33.0 Å². The van der Waals surface area contributed by atoms with Gasteiger partial charge in [-0.15, -0.1) is 59.8 Å². The fourth-order valence-electron chi connectivity index (χ4n) is 1.47. The SMILES string of the molecule is C#C[Si](C)/C=C/[Si](C)(C#C)/C=C/[Si](C)(C#C)/C=C/[Si](C)(C#C)C#C. The van der Waals surface area contributed by atoms with Gasteiger partial charge in [-0.25, -0.2) is 0 Å². The van der Waals surface area contributed by atoms with Crippen LogP contribution in [0, 0.1) is 59.8 Å². The van der Waals surface area contributed by atoms with Crippen LogP contribution in [0.15, 0.2) is 34.2 Å². The van der Waals surface area contributed by atoms with Crippen molar-refractivity contribution in [2.75, 3.05) is 0 Å². The van der Waals surface area contributed by atoms with E-state index < -0.39 is 33.0 Å². The summed E-state index contributed by atoms with van der Waals surface area (Å²) in [5.74, 6) is 0. The highest BCUT2D eigenvalue weighted by atomic mass is 28.3. The highest BCUT2D eigenvalue weighted by molar-refractivity contribution is 7.02. The molecule has 0 aromatic carbocycles. The van der Waals surface area contributed by atoms with Gasteiger partial charge in [-0.05, 0) is 6.55 Å². The van der Waals surface area contributed by atoms with Gasteiger partial charge >= 0.3 is 0 Å². The molecule has 0 rings (SSSR count). The number of terminal acetylenes is 5. The van der Waals surface area contributed by atoms with Gasteiger partial charge in [0.05, 0.1) is 0 Å². The minimum atomic E-state index is -2.22. The molecule has 0 aliphatic rings. The lowest BCUT2D eigenvalue weighted by Crippen LogP contribution is -2.31. The van der Waals surface area contributed by atoms with E-state index in [1.165, 1.54) is 0 Å². The predicted molar refractivity (Wildman–Crippen MR) is 118 cm³/mol. The zero-order valence-electron chi connectivity index (χ0n) is 14.9. The summed E-state index contributed by atoms with van der Waals surface area (Å²) < 4.78 is 0. The van der Waals surface area contributed by atoms with Crippen LogP contribution >= 0.6 is 0 Å². The molecule has 0 spiro atoms. The molecule has 0 N–H and O–H groups in total. The Morgan fingerprint density at radius 2 is 1.08 bits per heavy atom. The van der Waals surface area contributed by atoms with Gasteiger partial charge in [0.2, 0.25) is 8.07 Å². The first-order chi connectivity index (χ1) is 11.1. The Labute approximate surface area is 153 Å². The van der Waals surface area contributed by atoms with Gasteiger partial charge in [0, 0.05) is 0 Å². The Balaban J connectivity index is 5.59. The molecule has 2 atom stereocenters. The fourth-order valence-corrected chi connectivity index (χ4v) is 10.3. The van der Waals surface area contributed by atoms with Crippen molar-refractivity contribution < 1.29 is 0 Å². The first-order valence-corrected chi connectivity index (χ1v) is 17.4. The third kappa shape index (κ3) is 6.98. The predicted octanol–water partition coefficient (Wildman–Crippen LogP) is 3.11. The number of hydrogen-bond acceptors (Lipinski definition) is 0. The maximum absolute atomic E-state index is 5.78. The van der Waals surface area contributed by atoms with E-state index in [0.717, 1.165) is 0 Å². The van der Waals surface area contributed by atoms with Crippen molar-refractivity contribution in [2.45, 2.75) is 26.2 Å². The van der Waals surface area contributed by atoms with E-state index in [-0.39, 0.29) is 0 Å². The van der Waals surface area contributed by atoms with Gasteiger partial charge in [0.15, 0.2) is 24.9 Å². The van der Waals surface area contributed by atoms with Gasteiger partial charge in [-0.1, -0.05) is 53.8 Å². The number of hydrogen-bond donors (Lipinski definition) is 0. The van der Waals surface area contributed by atoms with Gasteiger partial charge < -0.3 is 0 Å². The van der Waals surface area contributed by atoms with Crippen molar-refractivity contribution in [3.05, 3.63) is 34.2 Å². The molecular formula is C20H23Si4. The Morgan fingerprint density at radius 1 is 0.667 bits per heavy atom. The Morgan fingerprint density at radius 3 is 1.46 bits per heavy atom. The zero-order valence-corrected chi connectivity index (χ0v) is 18.9. The summed E-state index contributed by atoms with van der Waals surface area (Å²) in [4.78, 5) is 0. The zero-order chi connectivity index (χ0) is 18.9. The van der Waals surface area contributed by atoms with E-state index in [1.807, 2.05) is 12.2 Å². The van der Waals surface area contributed by atoms with Crippen LogP contribution in [-0.4, -0.2) is 33.0 Å². The number of rotatable bonds is 6. The molecule has 0 aromatic rings. The smallest absolute Gasteiger partial charge is 0.131 e. The highest BCUT2D eigenvalue weighted by Crippen LogP contribution is 2.13. The summed E-state index contributed by atoms with van der Waals surface area (Å²) >= 11 is 0. The highest BCUT2D eigenvalue weighted by Gasteiger charge is 2.25. The molecule has 0 aromatic heterocycles. The second-order valence-corrected chi connectivity index (χ2v) is 18.5. The molecule has 119 valence electrons. The molecule has 24 heavy (non-hydrogen) atoms. The van der Waals surface area contributed by atoms with Crippen molar-refractivity contribution in [1.82, 2.24) is 0 Å². The van der Waals surface area contributed by atoms with Crippen LogP contribution in [0.5, 0.6) is 0 Å². The molecule has 0 amide bonds. The first-order valence-electron chi connectivity index (χ1n) is 7.43.